The number of aromatic nitrogens is 4. The summed E-state index contributed by atoms with van der Waals surface area (Å²) < 4.78 is 1.77. The molecule has 0 aliphatic rings. The first-order valence-corrected chi connectivity index (χ1v) is 4.81. The first-order chi connectivity index (χ1) is 7.22. The summed E-state index contributed by atoms with van der Waals surface area (Å²) >= 11 is 0. The van der Waals surface area contributed by atoms with Gasteiger partial charge < -0.3 is 5.73 Å². The topological polar surface area (TPSA) is 69.6 Å². The van der Waals surface area contributed by atoms with Crippen molar-refractivity contribution < 1.29 is 0 Å². The summed E-state index contributed by atoms with van der Waals surface area (Å²) in [5.41, 5.74) is 8.44. The molecule has 0 aromatic carbocycles. The van der Waals surface area contributed by atoms with Crippen molar-refractivity contribution in [2.45, 2.75) is 13.3 Å². The van der Waals surface area contributed by atoms with Crippen LogP contribution in [0.15, 0.2) is 18.6 Å². The van der Waals surface area contributed by atoms with Crippen LogP contribution in [0, 0.1) is 0 Å². The van der Waals surface area contributed by atoms with E-state index in [0.29, 0.717) is 11.5 Å². The molecule has 0 bridgehead atoms. The van der Waals surface area contributed by atoms with Gasteiger partial charge in [0, 0.05) is 31.2 Å². The molecule has 0 atom stereocenters. The fourth-order valence-corrected chi connectivity index (χ4v) is 1.55. The Hall–Kier alpha value is -1.91. The van der Waals surface area contributed by atoms with Crippen LogP contribution in [0.3, 0.4) is 0 Å². The van der Waals surface area contributed by atoms with Crippen molar-refractivity contribution in [1.82, 2.24) is 19.7 Å². The molecule has 0 radical (unpaired) electrons. The van der Waals surface area contributed by atoms with Gasteiger partial charge in [0.15, 0.2) is 0 Å². The highest BCUT2D eigenvalue weighted by atomic mass is 15.3. The van der Waals surface area contributed by atoms with Crippen LogP contribution < -0.4 is 5.73 Å². The van der Waals surface area contributed by atoms with Crippen LogP contribution in [-0.4, -0.2) is 19.7 Å². The normalized spacial score (nSPS) is 10.5. The van der Waals surface area contributed by atoms with Gasteiger partial charge in [-0.1, -0.05) is 6.92 Å². The van der Waals surface area contributed by atoms with Crippen molar-refractivity contribution in [2.24, 2.45) is 7.05 Å². The number of hydrogen-bond acceptors (Lipinski definition) is 4. The number of anilines is 1. The predicted molar refractivity (Wildman–Crippen MR) is 58.0 cm³/mol. The molecule has 2 rings (SSSR count). The standard InChI is InChI=1S/C10H13N5/c1-3-8-7(6-15(2)14-8)9-10(11)13-5-4-12-9/h4-6H,3H2,1-2H3,(H2,11,13). The van der Waals surface area contributed by atoms with Crippen LogP contribution >= 0.6 is 0 Å². The third-order valence-electron chi connectivity index (χ3n) is 2.22. The highest BCUT2D eigenvalue weighted by Gasteiger charge is 2.12. The quantitative estimate of drug-likeness (QED) is 0.791. The van der Waals surface area contributed by atoms with Gasteiger partial charge in [0.25, 0.3) is 0 Å². The number of rotatable bonds is 2. The minimum atomic E-state index is 0.445. The van der Waals surface area contributed by atoms with E-state index in [9.17, 15) is 0 Å². The summed E-state index contributed by atoms with van der Waals surface area (Å²) in [6.45, 7) is 2.05. The van der Waals surface area contributed by atoms with Crippen LogP contribution in [0.4, 0.5) is 5.82 Å². The monoisotopic (exact) mass is 203 g/mol. The molecule has 0 aliphatic heterocycles. The largest absolute Gasteiger partial charge is 0.382 e. The molecule has 0 spiro atoms. The molecular formula is C10H13N5. The second-order valence-electron chi connectivity index (χ2n) is 3.31. The molecule has 15 heavy (non-hydrogen) atoms. The highest BCUT2D eigenvalue weighted by Crippen LogP contribution is 2.24. The maximum absolute atomic E-state index is 5.77. The van der Waals surface area contributed by atoms with Crippen LogP contribution in [0.2, 0.25) is 0 Å². The first-order valence-electron chi connectivity index (χ1n) is 4.81. The predicted octanol–water partition coefficient (Wildman–Crippen LogP) is 1.02. The second-order valence-corrected chi connectivity index (χ2v) is 3.31. The van der Waals surface area contributed by atoms with E-state index < -0.39 is 0 Å². The molecule has 2 aromatic rings. The fraction of sp³-hybridized carbons (Fsp3) is 0.300. The number of hydrogen-bond donors (Lipinski definition) is 1. The van der Waals surface area contributed by atoms with Crippen molar-refractivity contribution in [2.75, 3.05) is 5.73 Å². The summed E-state index contributed by atoms with van der Waals surface area (Å²) in [5.74, 6) is 0.445. The maximum atomic E-state index is 5.77. The lowest BCUT2D eigenvalue weighted by Crippen LogP contribution is -1.97. The third kappa shape index (κ3) is 1.68. The zero-order valence-corrected chi connectivity index (χ0v) is 8.81. The van der Waals surface area contributed by atoms with E-state index in [1.165, 1.54) is 0 Å². The molecule has 0 amide bonds. The van der Waals surface area contributed by atoms with Crippen molar-refractivity contribution in [3.05, 3.63) is 24.3 Å². The molecule has 2 N–H and O–H groups in total. The Morgan fingerprint density at radius 2 is 2.07 bits per heavy atom. The van der Waals surface area contributed by atoms with E-state index in [0.717, 1.165) is 17.7 Å². The number of nitrogens with two attached hydrogens (primary N) is 1. The van der Waals surface area contributed by atoms with E-state index in [2.05, 4.69) is 22.0 Å². The summed E-state index contributed by atoms with van der Waals surface area (Å²) in [7, 11) is 1.88. The van der Waals surface area contributed by atoms with E-state index in [4.69, 9.17) is 5.73 Å². The Bertz CT molecular complexity index is 474. The van der Waals surface area contributed by atoms with Gasteiger partial charge in [-0.15, -0.1) is 0 Å². The lowest BCUT2D eigenvalue weighted by atomic mass is 10.1. The van der Waals surface area contributed by atoms with E-state index in [-0.39, 0.29) is 0 Å². The number of aryl methyl sites for hydroxylation is 2. The van der Waals surface area contributed by atoms with Gasteiger partial charge in [-0.3, -0.25) is 9.67 Å². The Morgan fingerprint density at radius 3 is 2.73 bits per heavy atom. The average Bonchev–Trinajstić information content (AvgIpc) is 2.60. The minimum Gasteiger partial charge on any atom is -0.382 e. The van der Waals surface area contributed by atoms with E-state index in [1.807, 2.05) is 13.2 Å². The molecule has 78 valence electrons. The van der Waals surface area contributed by atoms with E-state index >= 15 is 0 Å². The minimum absolute atomic E-state index is 0.445. The Balaban J connectivity index is 2.58. The van der Waals surface area contributed by atoms with E-state index in [1.54, 1.807) is 17.1 Å². The highest BCUT2D eigenvalue weighted by molar-refractivity contribution is 5.70. The van der Waals surface area contributed by atoms with Crippen molar-refractivity contribution >= 4 is 5.82 Å². The Morgan fingerprint density at radius 1 is 1.33 bits per heavy atom. The molecule has 0 saturated carbocycles. The average molecular weight is 203 g/mol. The Labute approximate surface area is 88.0 Å². The summed E-state index contributed by atoms with van der Waals surface area (Å²) in [6.07, 6.45) is 5.99. The van der Waals surface area contributed by atoms with Crippen LogP contribution in [0.25, 0.3) is 11.3 Å². The molecule has 2 heterocycles. The van der Waals surface area contributed by atoms with Crippen molar-refractivity contribution in [1.29, 1.82) is 0 Å². The lowest BCUT2D eigenvalue weighted by Gasteiger charge is -2.01. The van der Waals surface area contributed by atoms with Crippen LogP contribution in [-0.2, 0) is 13.5 Å². The SMILES string of the molecule is CCc1nn(C)cc1-c1nccnc1N. The van der Waals surface area contributed by atoms with Crippen LogP contribution in [0.5, 0.6) is 0 Å². The number of nitrogens with zero attached hydrogens (tertiary/aromatic N) is 4. The Kier molecular flexibility index (Phi) is 2.37. The van der Waals surface area contributed by atoms with Gasteiger partial charge in [-0.25, -0.2) is 4.98 Å². The van der Waals surface area contributed by atoms with Gasteiger partial charge >= 0.3 is 0 Å². The third-order valence-corrected chi connectivity index (χ3v) is 2.22. The molecule has 0 fully saturated rings. The molecule has 2 aromatic heterocycles. The number of nitrogen functional groups attached to an aromatic ring is 1. The maximum Gasteiger partial charge on any atom is 0.150 e. The molecular weight excluding hydrogens is 190 g/mol. The molecule has 5 heteroatoms. The van der Waals surface area contributed by atoms with Crippen molar-refractivity contribution in [3.63, 3.8) is 0 Å². The molecule has 0 aliphatic carbocycles. The molecule has 5 nitrogen and oxygen atoms in total. The van der Waals surface area contributed by atoms with Gasteiger partial charge in [-0.2, -0.15) is 5.10 Å². The van der Waals surface area contributed by atoms with Crippen LogP contribution in [0.1, 0.15) is 12.6 Å². The summed E-state index contributed by atoms with van der Waals surface area (Å²) in [6, 6.07) is 0. The van der Waals surface area contributed by atoms with Gasteiger partial charge in [0.1, 0.15) is 11.5 Å². The zero-order valence-electron chi connectivity index (χ0n) is 8.81. The van der Waals surface area contributed by atoms with Crippen molar-refractivity contribution in [3.8, 4) is 11.3 Å². The zero-order chi connectivity index (χ0) is 10.8. The molecule has 0 saturated heterocycles. The van der Waals surface area contributed by atoms with Gasteiger partial charge in [0.2, 0.25) is 0 Å². The summed E-state index contributed by atoms with van der Waals surface area (Å²) in [4.78, 5) is 8.25. The molecule has 0 unspecified atom stereocenters. The first kappa shape index (κ1) is 9.64. The summed E-state index contributed by atoms with van der Waals surface area (Å²) in [5, 5.41) is 4.34. The second kappa shape index (κ2) is 3.68. The van der Waals surface area contributed by atoms with Gasteiger partial charge in [0.05, 0.1) is 5.69 Å². The fourth-order valence-electron chi connectivity index (χ4n) is 1.55. The smallest absolute Gasteiger partial charge is 0.150 e. The van der Waals surface area contributed by atoms with Gasteiger partial charge in [-0.05, 0) is 6.42 Å². The lowest BCUT2D eigenvalue weighted by molar-refractivity contribution is 0.746.